The van der Waals surface area contributed by atoms with Crippen LogP contribution in [0.5, 0.6) is 0 Å². The Hall–Kier alpha value is 0. The standard InChI is InChI=1S/C4H7/c1-3-4-2/h3H,1-2H3/q-1. The summed E-state index contributed by atoms with van der Waals surface area (Å²) >= 11 is 0. The van der Waals surface area contributed by atoms with Gasteiger partial charge >= 0.3 is 0 Å². The van der Waals surface area contributed by atoms with Gasteiger partial charge in [-0.1, -0.05) is 6.92 Å². The highest BCUT2D eigenvalue weighted by Gasteiger charge is 1.39. The number of hydrogen-bond acceptors (Lipinski definition) is 0. The van der Waals surface area contributed by atoms with Crippen molar-refractivity contribution in [3.8, 4) is 0 Å². The first kappa shape index (κ1) is 4.00. The van der Waals surface area contributed by atoms with Crippen LogP contribution in [-0.4, -0.2) is 0 Å². The first-order chi connectivity index (χ1) is 1.91. The second-order valence-electron chi connectivity index (χ2n) is 0.577. The van der Waals surface area contributed by atoms with E-state index in [4.69, 9.17) is 0 Å². The number of hydrogen-bond donors (Lipinski definition) is 0. The van der Waals surface area contributed by atoms with Crippen molar-refractivity contribution in [3.05, 3.63) is 12.8 Å². The molecule has 0 heteroatoms. The fourth-order valence-corrected chi connectivity index (χ4v) is 0. The van der Waals surface area contributed by atoms with E-state index in [-0.39, 0.29) is 0 Å². The highest BCUT2D eigenvalue weighted by atomic mass is 13.6. The molecule has 24 valence electrons. The summed E-state index contributed by atoms with van der Waals surface area (Å²) in [5.74, 6) is 0. The van der Waals surface area contributed by atoms with Gasteiger partial charge in [-0.3, -0.25) is 0 Å². The van der Waals surface area contributed by atoms with Crippen LogP contribution in [0.4, 0.5) is 0 Å². The Kier molecular flexibility index (Phi) is 3.00. The van der Waals surface area contributed by atoms with Crippen molar-refractivity contribution in [2.24, 2.45) is 0 Å². The lowest BCUT2D eigenvalue weighted by Gasteiger charge is -1.85. The highest BCUT2D eigenvalue weighted by molar-refractivity contribution is 4.70. The quantitative estimate of drug-likeness (QED) is 0.397. The Labute approximate surface area is 27.8 Å². The van der Waals surface area contributed by atoms with Crippen molar-refractivity contribution in [1.29, 1.82) is 0 Å². The van der Waals surface area contributed by atoms with Crippen molar-refractivity contribution in [2.45, 2.75) is 13.8 Å². The normalized spacial score (nSPS) is 7.50. The third kappa shape index (κ3) is 2.00. The summed E-state index contributed by atoms with van der Waals surface area (Å²) in [6.07, 6.45) is 4.68. The van der Waals surface area contributed by atoms with Gasteiger partial charge in [0, 0.05) is 0 Å². The molecule has 0 aromatic rings. The molecule has 0 rings (SSSR count). The monoisotopic (exact) mass is 55.1 g/mol. The smallest absolute Gasteiger partial charge is 0.0909 e. The molecule has 0 heterocycles. The van der Waals surface area contributed by atoms with Gasteiger partial charge in [0.25, 0.3) is 0 Å². The van der Waals surface area contributed by atoms with Crippen molar-refractivity contribution in [1.82, 2.24) is 0 Å². The Morgan fingerprint density at radius 2 is 2.00 bits per heavy atom. The minimum Gasteiger partial charge on any atom is -0.330 e. The van der Waals surface area contributed by atoms with Gasteiger partial charge < -0.3 is 6.42 Å². The molecule has 0 N–H and O–H groups in total. The zero-order valence-electron chi connectivity index (χ0n) is 3.08. The summed E-state index contributed by atoms with van der Waals surface area (Å²) in [5.41, 5.74) is 0. The van der Waals surface area contributed by atoms with Crippen LogP contribution in [0.15, 0.2) is 0 Å². The van der Waals surface area contributed by atoms with Crippen LogP contribution in [0.2, 0.25) is 0 Å². The second kappa shape index (κ2) is 3.00. The molecule has 0 aliphatic carbocycles. The number of rotatable bonds is 1. The molecule has 0 nitrogen and oxygen atoms in total. The largest absolute Gasteiger partial charge is 0.330 e. The maximum absolute atomic E-state index is 2.81. The first-order valence-electron chi connectivity index (χ1n) is 1.37. The maximum atomic E-state index is 2.81. The fraction of sp³-hybridized carbons (Fsp3) is 0.500. The Balaban J connectivity index is 1.97. The van der Waals surface area contributed by atoms with Crippen molar-refractivity contribution in [3.63, 3.8) is 0 Å². The Bertz CT molecular complexity index is 2.00. The molecule has 0 spiro atoms. The van der Waals surface area contributed by atoms with Gasteiger partial charge in [-0.05, 0) is 0 Å². The van der Waals surface area contributed by atoms with E-state index in [1.807, 2.05) is 20.3 Å². The first-order valence-corrected chi connectivity index (χ1v) is 1.37. The van der Waals surface area contributed by atoms with E-state index in [9.17, 15) is 0 Å². The van der Waals surface area contributed by atoms with Gasteiger partial charge in [-0.25, -0.2) is 6.42 Å². The third-order valence-electron chi connectivity index (χ3n) is 0.289. The Morgan fingerprint density at radius 1 is 1.75 bits per heavy atom. The summed E-state index contributed by atoms with van der Waals surface area (Å²) in [5, 5.41) is 0. The number of unbranched alkanes of at least 4 members (excludes halogenated alkanes) is 1. The topological polar surface area (TPSA) is 0 Å². The summed E-state index contributed by atoms with van der Waals surface area (Å²) in [6, 6.07) is 0. The van der Waals surface area contributed by atoms with E-state index in [1.165, 1.54) is 0 Å². The van der Waals surface area contributed by atoms with Gasteiger partial charge in [0.15, 0.2) is 0 Å². The van der Waals surface area contributed by atoms with E-state index >= 15 is 0 Å². The molecule has 0 amide bonds. The zero-order chi connectivity index (χ0) is 3.41. The van der Waals surface area contributed by atoms with Crippen LogP contribution < -0.4 is 0 Å². The molecule has 4 heavy (non-hydrogen) atoms. The van der Waals surface area contributed by atoms with E-state index in [2.05, 4.69) is 6.42 Å². The molecular weight excluding hydrogens is 48.0 g/mol. The molecule has 2 radical (unpaired) electrons. The summed E-state index contributed by atoms with van der Waals surface area (Å²) in [7, 11) is 0. The molecule has 0 bridgehead atoms. The van der Waals surface area contributed by atoms with E-state index in [0.29, 0.717) is 0 Å². The molecule has 0 fully saturated rings. The SMILES string of the molecule is C[C][CH-]C. The van der Waals surface area contributed by atoms with Crippen LogP contribution >= 0.6 is 0 Å². The van der Waals surface area contributed by atoms with Crippen molar-refractivity contribution in [2.75, 3.05) is 0 Å². The van der Waals surface area contributed by atoms with Gasteiger partial charge in [-0.2, -0.15) is 6.92 Å². The van der Waals surface area contributed by atoms with Gasteiger partial charge in [0.1, 0.15) is 0 Å². The fourth-order valence-electron chi connectivity index (χ4n) is 0. The van der Waals surface area contributed by atoms with Crippen LogP contribution in [0.25, 0.3) is 0 Å². The van der Waals surface area contributed by atoms with Crippen LogP contribution in [0.1, 0.15) is 13.8 Å². The minimum absolute atomic E-state index is 1.88. The molecule has 0 aliphatic rings. The average molecular weight is 55.1 g/mol. The van der Waals surface area contributed by atoms with Gasteiger partial charge in [-0.15, -0.1) is 0 Å². The summed E-state index contributed by atoms with van der Waals surface area (Å²) in [4.78, 5) is 0. The lowest BCUT2D eigenvalue weighted by atomic mass is 10.4. The average Bonchev–Trinajstić information content (AvgIpc) is 1.37. The molecule has 0 aromatic heterocycles. The predicted octanol–water partition coefficient (Wildman–Crippen LogP) is 1.31. The predicted molar refractivity (Wildman–Crippen MR) is 18.9 cm³/mol. The zero-order valence-corrected chi connectivity index (χ0v) is 3.08. The molecule has 0 aromatic carbocycles. The maximum Gasteiger partial charge on any atom is -0.0909 e. The molecule has 0 unspecified atom stereocenters. The Morgan fingerprint density at radius 3 is 2.00 bits per heavy atom. The molecule has 0 aliphatic heterocycles. The highest BCUT2D eigenvalue weighted by Crippen LogP contribution is 1.72. The van der Waals surface area contributed by atoms with E-state index in [0.717, 1.165) is 0 Å². The molecule has 0 atom stereocenters. The third-order valence-corrected chi connectivity index (χ3v) is 0.289. The van der Waals surface area contributed by atoms with Gasteiger partial charge in [0.05, 0.1) is 0 Å². The van der Waals surface area contributed by atoms with Crippen molar-refractivity contribution < 1.29 is 0 Å². The molecule has 0 saturated carbocycles. The van der Waals surface area contributed by atoms with Crippen LogP contribution in [0.3, 0.4) is 0 Å². The van der Waals surface area contributed by atoms with Crippen molar-refractivity contribution >= 4 is 0 Å². The summed E-state index contributed by atoms with van der Waals surface area (Å²) < 4.78 is 0. The van der Waals surface area contributed by atoms with Gasteiger partial charge in [0.2, 0.25) is 0 Å². The van der Waals surface area contributed by atoms with Crippen LogP contribution in [0, 0.1) is 12.8 Å². The van der Waals surface area contributed by atoms with Crippen LogP contribution in [-0.2, 0) is 0 Å². The van der Waals surface area contributed by atoms with E-state index in [1.54, 1.807) is 0 Å². The second-order valence-corrected chi connectivity index (χ2v) is 0.577. The lowest BCUT2D eigenvalue weighted by molar-refractivity contribution is 1.37. The molecular formula is C4H7-. The minimum atomic E-state index is 1.88. The summed E-state index contributed by atoms with van der Waals surface area (Å²) in [6.45, 7) is 3.82. The molecule has 0 saturated heterocycles. The van der Waals surface area contributed by atoms with E-state index < -0.39 is 0 Å². The lowest BCUT2D eigenvalue weighted by Crippen LogP contribution is -1.52.